The summed E-state index contributed by atoms with van der Waals surface area (Å²) in [5.74, 6) is -0.404. The lowest BCUT2D eigenvalue weighted by Crippen LogP contribution is -2.60. The van der Waals surface area contributed by atoms with E-state index in [0.29, 0.717) is 29.4 Å². The predicted molar refractivity (Wildman–Crippen MR) is 159 cm³/mol. The van der Waals surface area contributed by atoms with Crippen LogP contribution >= 0.6 is 0 Å². The van der Waals surface area contributed by atoms with Gasteiger partial charge >= 0.3 is 6.18 Å². The van der Waals surface area contributed by atoms with E-state index in [9.17, 15) is 23.4 Å². The SMILES string of the molecule is CC1=C2CCCN(C3CCCN(C4CCN(C5CC(O)C5)CC4)C3)C2NN=C1c1ccc(C(F)(F)F)cc1O.CCC. The van der Waals surface area contributed by atoms with Crippen LogP contribution in [0.4, 0.5) is 13.2 Å². The minimum atomic E-state index is -4.50. The summed E-state index contributed by atoms with van der Waals surface area (Å²) in [6.07, 6.45) is 5.12. The second-order valence-corrected chi connectivity index (χ2v) is 12.8. The number of benzene rings is 1. The van der Waals surface area contributed by atoms with Gasteiger partial charge in [-0.25, -0.2) is 0 Å². The zero-order valence-electron chi connectivity index (χ0n) is 25.3. The minimum absolute atomic E-state index is 0.0177. The van der Waals surface area contributed by atoms with Crippen LogP contribution in [0.1, 0.15) is 89.7 Å². The molecule has 1 aliphatic carbocycles. The number of allylic oxidation sites excluding steroid dienone is 1. The Balaban J connectivity index is 0.00000113. The fraction of sp³-hybridized carbons (Fsp3) is 0.719. The van der Waals surface area contributed by atoms with Crippen molar-refractivity contribution in [3.63, 3.8) is 0 Å². The Bertz CT molecular complexity index is 1140. The van der Waals surface area contributed by atoms with E-state index < -0.39 is 17.5 Å². The summed E-state index contributed by atoms with van der Waals surface area (Å²) in [4.78, 5) is 7.82. The summed E-state index contributed by atoms with van der Waals surface area (Å²) in [7, 11) is 0. The van der Waals surface area contributed by atoms with Crippen molar-refractivity contribution in [3.05, 3.63) is 40.5 Å². The number of alkyl halides is 3. The van der Waals surface area contributed by atoms with E-state index in [4.69, 9.17) is 0 Å². The van der Waals surface area contributed by atoms with Gasteiger partial charge in [0.05, 0.1) is 17.4 Å². The topological polar surface area (TPSA) is 74.6 Å². The number of hydrazone groups is 1. The highest BCUT2D eigenvalue weighted by Crippen LogP contribution is 2.37. The number of piperidine rings is 3. The average Bonchev–Trinajstić information content (AvgIpc) is 2.96. The molecule has 1 saturated carbocycles. The number of rotatable bonds is 4. The maximum atomic E-state index is 13.1. The van der Waals surface area contributed by atoms with Crippen molar-refractivity contribution in [1.82, 2.24) is 20.1 Å². The first-order valence-corrected chi connectivity index (χ1v) is 16.0. The molecule has 5 aliphatic rings. The number of nitrogens with zero attached hydrogens (tertiary/aromatic N) is 4. The highest BCUT2D eigenvalue weighted by atomic mass is 19.4. The number of fused-ring (bicyclic) bond motifs is 1. The quantitative estimate of drug-likeness (QED) is 0.440. The van der Waals surface area contributed by atoms with Crippen molar-refractivity contribution in [2.24, 2.45) is 5.10 Å². The summed E-state index contributed by atoms with van der Waals surface area (Å²) in [5.41, 5.74) is 5.47. The van der Waals surface area contributed by atoms with Crippen LogP contribution in [0.2, 0.25) is 0 Å². The summed E-state index contributed by atoms with van der Waals surface area (Å²) in [6, 6.07) is 4.72. The normalized spacial score (nSPS) is 30.0. The lowest BCUT2D eigenvalue weighted by Gasteiger charge is -2.50. The van der Waals surface area contributed by atoms with E-state index >= 15 is 0 Å². The number of hydrogen-bond donors (Lipinski definition) is 3. The van der Waals surface area contributed by atoms with Gasteiger partial charge in [0, 0.05) is 36.8 Å². The van der Waals surface area contributed by atoms with E-state index in [2.05, 4.69) is 39.1 Å². The molecule has 42 heavy (non-hydrogen) atoms. The lowest BCUT2D eigenvalue weighted by atomic mass is 9.86. The van der Waals surface area contributed by atoms with Crippen molar-refractivity contribution in [3.8, 4) is 5.75 Å². The van der Waals surface area contributed by atoms with E-state index in [1.807, 2.05) is 6.92 Å². The van der Waals surface area contributed by atoms with Crippen LogP contribution in [-0.2, 0) is 6.18 Å². The third kappa shape index (κ3) is 6.66. The molecule has 0 spiro atoms. The highest BCUT2D eigenvalue weighted by Gasteiger charge is 2.40. The number of likely N-dealkylation sites (tertiary alicyclic amines) is 3. The van der Waals surface area contributed by atoms with E-state index in [-0.39, 0.29) is 12.3 Å². The Kier molecular flexibility index (Phi) is 9.86. The molecule has 7 nitrogen and oxygen atoms in total. The van der Waals surface area contributed by atoms with Gasteiger partial charge < -0.3 is 15.1 Å². The zero-order valence-corrected chi connectivity index (χ0v) is 25.3. The highest BCUT2D eigenvalue weighted by molar-refractivity contribution is 6.14. The zero-order chi connectivity index (χ0) is 30.0. The molecular formula is C32H48F3N5O2. The maximum absolute atomic E-state index is 13.1. The Hall–Kier alpha value is -2.14. The number of phenols is 1. The largest absolute Gasteiger partial charge is 0.507 e. The third-order valence-corrected chi connectivity index (χ3v) is 9.76. The molecule has 0 aromatic heterocycles. The molecule has 6 rings (SSSR count). The molecule has 10 heteroatoms. The summed E-state index contributed by atoms with van der Waals surface area (Å²) < 4.78 is 39.3. The smallest absolute Gasteiger partial charge is 0.416 e. The number of nitrogens with one attached hydrogen (secondary N) is 1. The van der Waals surface area contributed by atoms with Gasteiger partial charge in [-0.15, -0.1) is 0 Å². The van der Waals surface area contributed by atoms with Gasteiger partial charge in [-0.1, -0.05) is 20.3 Å². The second kappa shape index (κ2) is 13.2. The molecule has 4 heterocycles. The number of aromatic hydroxyl groups is 1. The van der Waals surface area contributed by atoms with Crippen molar-refractivity contribution < 1.29 is 23.4 Å². The Morgan fingerprint density at radius 3 is 2.31 bits per heavy atom. The van der Waals surface area contributed by atoms with Crippen molar-refractivity contribution in [1.29, 1.82) is 0 Å². The molecule has 3 N–H and O–H groups in total. The van der Waals surface area contributed by atoms with Crippen LogP contribution in [0.25, 0.3) is 0 Å². The van der Waals surface area contributed by atoms with Crippen LogP contribution < -0.4 is 5.43 Å². The molecule has 1 aromatic carbocycles. The first kappa shape index (κ1) is 31.3. The maximum Gasteiger partial charge on any atom is 0.416 e. The minimum Gasteiger partial charge on any atom is -0.507 e. The van der Waals surface area contributed by atoms with Gasteiger partial charge in [-0.2, -0.15) is 18.3 Å². The van der Waals surface area contributed by atoms with Crippen LogP contribution in [0.3, 0.4) is 0 Å². The monoisotopic (exact) mass is 591 g/mol. The van der Waals surface area contributed by atoms with Crippen LogP contribution in [0.5, 0.6) is 5.75 Å². The molecule has 4 fully saturated rings. The number of aliphatic hydroxyl groups excluding tert-OH is 1. The summed E-state index contributed by atoms with van der Waals surface area (Å²) >= 11 is 0. The molecule has 2 unspecified atom stereocenters. The molecule has 1 aromatic rings. The number of halogens is 3. The van der Waals surface area contributed by atoms with Gasteiger partial charge in [0.1, 0.15) is 11.9 Å². The molecule has 4 aliphatic heterocycles. The number of aliphatic hydroxyl groups is 1. The Labute approximate surface area is 248 Å². The second-order valence-electron chi connectivity index (χ2n) is 12.8. The molecule has 0 amide bonds. The number of hydrogen-bond acceptors (Lipinski definition) is 7. The van der Waals surface area contributed by atoms with E-state index in [0.717, 1.165) is 82.5 Å². The summed E-state index contributed by atoms with van der Waals surface area (Å²) in [5, 5.41) is 24.7. The lowest BCUT2D eigenvalue weighted by molar-refractivity contribution is -0.137. The van der Waals surface area contributed by atoms with Crippen molar-refractivity contribution in [2.75, 3.05) is 32.7 Å². The van der Waals surface area contributed by atoms with Crippen molar-refractivity contribution in [2.45, 2.75) is 115 Å². The van der Waals surface area contributed by atoms with Crippen LogP contribution in [0, 0.1) is 0 Å². The standard InChI is InChI=1S/C29H40F3N5O2.C3H8/c1-18-24-5-3-11-37(28(24)34-33-27(18)25-7-6-19(14-26(25)39)29(30,31)32)21-4-2-10-36(17-21)20-8-12-35(13-9-20)22-15-23(38)16-22;1-3-2/h6-7,14,20-23,28,34,38-39H,2-5,8-13,15-17H2,1H3;3H2,1-2H3. The van der Waals surface area contributed by atoms with Gasteiger partial charge in [-0.3, -0.25) is 15.2 Å². The molecule has 0 radical (unpaired) electrons. The van der Waals surface area contributed by atoms with Crippen LogP contribution in [-0.4, -0.2) is 93.7 Å². The molecule has 2 atom stereocenters. The fourth-order valence-electron chi connectivity index (χ4n) is 7.45. The first-order valence-electron chi connectivity index (χ1n) is 16.0. The van der Waals surface area contributed by atoms with E-state index in [1.165, 1.54) is 37.3 Å². The molecule has 3 saturated heterocycles. The Morgan fingerprint density at radius 1 is 0.952 bits per heavy atom. The van der Waals surface area contributed by atoms with Gasteiger partial charge in [0.25, 0.3) is 0 Å². The predicted octanol–water partition coefficient (Wildman–Crippen LogP) is 5.33. The molecule has 0 bridgehead atoms. The van der Waals surface area contributed by atoms with Gasteiger partial charge in [-0.05, 0) is 107 Å². The molecule has 234 valence electrons. The first-order chi connectivity index (χ1) is 20.1. The number of phenolic OH excluding ortho intramolecular Hbond substituents is 1. The van der Waals surface area contributed by atoms with E-state index in [1.54, 1.807) is 0 Å². The van der Waals surface area contributed by atoms with Gasteiger partial charge in [0.15, 0.2) is 0 Å². The van der Waals surface area contributed by atoms with Gasteiger partial charge in [0.2, 0.25) is 0 Å². The average molecular weight is 592 g/mol. The van der Waals surface area contributed by atoms with Crippen LogP contribution in [0.15, 0.2) is 34.4 Å². The molecular weight excluding hydrogens is 543 g/mol. The Morgan fingerprint density at radius 2 is 1.67 bits per heavy atom. The fourth-order valence-corrected chi connectivity index (χ4v) is 7.45. The third-order valence-electron chi connectivity index (χ3n) is 9.76. The summed E-state index contributed by atoms with van der Waals surface area (Å²) in [6.45, 7) is 11.7. The van der Waals surface area contributed by atoms with Crippen molar-refractivity contribution >= 4 is 5.71 Å².